The van der Waals surface area contributed by atoms with Gasteiger partial charge in [0, 0.05) is 12.6 Å². The minimum atomic E-state index is -4.14. The monoisotopic (exact) mass is 579 g/mol. The molecule has 41 heavy (non-hydrogen) atoms. The highest BCUT2D eigenvalue weighted by Crippen LogP contribution is 2.26. The zero-order valence-corrected chi connectivity index (χ0v) is 25.4. The molecule has 9 heteroatoms. The molecule has 1 N–H and O–H groups in total. The highest BCUT2D eigenvalue weighted by Gasteiger charge is 2.34. The van der Waals surface area contributed by atoms with E-state index in [4.69, 9.17) is 4.74 Å². The average molecular weight is 580 g/mol. The number of aryl methyl sites for hydroxylation is 1. The van der Waals surface area contributed by atoms with E-state index in [1.54, 1.807) is 42.5 Å². The summed E-state index contributed by atoms with van der Waals surface area (Å²) in [5, 5.41) is 2.99. The molecule has 3 rings (SSSR count). The predicted octanol–water partition coefficient (Wildman–Crippen LogP) is 5.31. The van der Waals surface area contributed by atoms with Gasteiger partial charge < -0.3 is 15.0 Å². The van der Waals surface area contributed by atoms with Gasteiger partial charge in [0.1, 0.15) is 18.3 Å². The number of rotatable bonds is 14. The molecule has 0 aromatic heterocycles. The molecule has 0 fully saturated rings. The number of nitrogens with one attached hydrogen (secondary N) is 1. The zero-order valence-electron chi connectivity index (χ0n) is 24.5. The molecule has 0 saturated heterocycles. The van der Waals surface area contributed by atoms with Crippen LogP contribution >= 0.6 is 0 Å². The largest absolute Gasteiger partial charge is 0.494 e. The average Bonchev–Trinajstić information content (AvgIpc) is 2.96. The van der Waals surface area contributed by atoms with Gasteiger partial charge in [-0.15, -0.1) is 0 Å². The van der Waals surface area contributed by atoms with Gasteiger partial charge in [0.25, 0.3) is 10.0 Å². The lowest BCUT2D eigenvalue weighted by molar-refractivity contribution is -0.140. The van der Waals surface area contributed by atoms with E-state index in [1.807, 2.05) is 58.9 Å². The van der Waals surface area contributed by atoms with E-state index in [2.05, 4.69) is 5.32 Å². The van der Waals surface area contributed by atoms with E-state index in [9.17, 15) is 18.0 Å². The molecule has 0 unspecified atom stereocenters. The van der Waals surface area contributed by atoms with Crippen LogP contribution in [0.15, 0.2) is 83.8 Å². The molecule has 2 atom stereocenters. The zero-order chi connectivity index (χ0) is 30.0. The molecule has 220 valence electrons. The number of hydrogen-bond acceptors (Lipinski definition) is 5. The van der Waals surface area contributed by atoms with Gasteiger partial charge in [-0.3, -0.25) is 13.9 Å². The van der Waals surface area contributed by atoms with Crippen LogP contribution < -0.4 is 14.4 Å². The summed E-state index contributed by atoms with van der Waals surface area (Å²) in [6.07, 6.45) is 1.12. The molecule has 0 aliphatic heterocycles. The van der Waals surface area contributed by atoms with Gasteiger partial charge in [-0.25, -0.2) is 8.42 Å². The van der Waals surface area contributed by atoms with Crippen molar-refractivity contribution in [3.8, 4) is 5.75 Å². The van der Waals surface area contributed by atoms with E-state index in [0.29, 0.717) is 24.5 Å². The summed E-state index contributed by atoms with van der Waals surface area (Å²) in [7, 11) is -4.14. The molecule has 0 aliphatic carbocycles. The molecule has 0 aliphatic rings. The molecule has 8 nitrogen and oxygen atoms in total. The Hall–Kier alpha value is -3.85. The van der Waals surface area contributed by atoms with E-state index < -0.39 is 28.5 Å². The Morgan fingerprint density at radius 1 is 0.902 bits per heavy atom. The Labute approximate surface area is 244 Å². The molecular formula is C32H41N3O5S. The number of benzene rings is 3. The molecule has 3 aromatic carbocycles. The molecule has 2 amide bonds. The van der Waals surface area contributed by atoms with Gasteiger partial charge in [-0.2, -0.15) is 0 Å². The molecule has 0 radical (unpaired) electrons. The maximum absolute atomic E-state index is 14.1. The van der Waals surface area contributed by atoms with Gasteiger partial charge in [0.15, 0.2) is 0 Å². The Balaban J connectivity index is 2.02. The Morgan fingerprint density at radius 3 is 2.17 bits per heavy atom. The van der Waals surface area contributed by atoms with E-state index in [-0.39, 0.29) is 23.4 Å². The van der Waals surface area contributed by atoms with Crippen molar-refractivity contribution in [2.45, 2.75) is 71.0 Å². The smallest absolute Gasteiger partial charge is 0.264 e. The van der Waals surface area contributed by atoms with Crippen LogP contribution in [-0.4, -0.2) is 50.4 Å². The molecule has 0 bridgehead atoms. The van der Waals surface area contributed by atoms with Gasteiger partial charge in [0.05, 0.1) is 17.2 Å². The van der Waals surface area contributed by atoms with Gasteiger partial charge in [-0.1, -0.05) is 61.9 Å². The number of carbonyl (C=O) groups is 2. The first-order valence-electron chi connectivity index (χ1n) is 14.1. The SMILES string of the molecule is CCOc1ccc(S(=O)(=O)N(CC(=O)N(Cc2cccc(C)c2)[C@H](CC)C(=O)N[C@@H](C)CC)c2ccccc2)cc1. The Kier molecular flexibility index (Phi) is 11.3. The van der Waals surface area contributed by atoms with Crippen molar-refractivity contribution < 1.29 is 22.7 Å². The first kappa shape index (κ1) is 31.7. The van der Waals surface area contributed by atoms with E-state index in [0.717, 1.165) is 21.9 Å². The number of para-hydroxylation sites is 1. The second-order valence-corrected chi connectivity index (χ2v) is 11.9. The summed E-state index contributed by atoms with van der Waals surface area (Å²) in [5.74, 6) is -0.185. The normalized spacial score (nSPS) is 12.7. The summed E-state index contributed by atoms with van der Waals surface area (Å²) >= 11 is 0. The van der Waals surface area contributed by atoms with Crippen LogP contribution in [0.4, 0.5) is 5.69 Å². The number of nitrogens with zero attached hydrogens (tertiary/aromatic N) is 2. The summed E-state index contributed by atoms with van der Waals surface area (Å²) in [5.41, 5.74) is 2.23. The number of hydrogen-bond donors (Lipinski definition) is 1. The second kappa shape index (κ2) is 14.7. The number of amides is 2. The van der Waals surface area contributed by atoms with Crippen LogP contribution in [-0.2, 0) is 26.2 Å². The summed E-state index contributed by atoms with van der Waals surface area (Å²) in [4.78, 5) is 29.0. The second-order valence-electron chi connectivity index (χ2n) is 10.0. The van der Waals surface area contributed by atoms with Crippen LogP contribution in [0.1, 0.15) is 51.7 Å². The third-order valence-electron chi connectivity index (χ3n) is 6.87. The highest BCUT2D eigenvalue weighted by atomic mass is 32.2. The molecular weight excluding hydrogens is 538 g/mol. The van der Waals surface area contributed by atoms with Gasteiger partial charge in [0.2, 0.25) is 11.8 Å². The van der Waals surface area contributed by atoms with Gasteiger partial charge in [-0.05, 0) is 75.6 Å². The maximum atomic E-state index is 14.1. The van der Waals surface area contributed by atoms with Crippen molar-refractivity contribution in [2.75, 3.05) is 17.5 Å². The summed E-state index contributed by atoms with van der Waals surface area (Å²) in [6.45, 7) is 9.70. The Bertz CT molecular complexity index is 1390. The minimum Gasteiger partial charge on any atom is -0.494 e. The van der Waals surface area contributed by atoms with Crippen molar-refractivity contribution >= 4 is 27.5 Å². The van der Waals surface area contributed by atoms with Crippen molar-refractivity contribution in [1.82, 2.24) is 10.2 Å². The van der Waals surface area contributed by atoms with Crippen LogP contribution in [0.25, 0.3) is 0 Å². The third-order valence-corrected chi connectivity index (χ3v) is 8.66. The Morgan fingerprint density at radius 2 is 1.59 bits per heavy atom. The maximum Gasteiger partial charge on any atom is 0.264 e. The fraction of sp³-hybridized carbons (Fsp3) is 0.375. The number of sulfonamides is 1. The lowest BCUT2D eigenvalue weighted by Gasteiger charge is -2.33. The summed E-state index contributed by atoms with van der Waals surface area (Å²) < 4.78 is 34.5. The third kappa shape index (κ3) is 8.33. The van der Waals surface area contributed by atoms with E-state index >= 15 is 0 Å². The fourth-order valence-electron chi connectivity index (χ4n) is 4.49. The molecule has 0 saturated carbocycles. The number of ether oxygens (including phenoxy) is 1. The van der Waals surface area contributed by atoms with Crippen molar-refractivity contribution in [1.29, 1.82) is 0 Å². The lowest BCUT2D eigenvalue weighted by Crippen LogP contribution is -2.53. The van der Waals surface area contributed by atoms with Crippen molar-refractivity contribution in [2.24, 2.45) is 0 Å². The number of carbonyl (C=O) groups excluding carboxylic acids is 2. The van der Waals surface area contributed by atoms with Crippen LogP contribution in [0.3, 0.4) is 0 Å². The molecule has 0 spiro atoms. The molecule has 3 aromatic rings. The first-order valence-corrected chi connectivity index (χ1v) is 15.5. The molecule has 0 heterocycles. The predicted molar refractivity (Wildman–Crippen MR) is 162 cm³/mol. The fourth-order valence-corrected chi connectivity index (χ4v) is 5.91. The van der Waals surface area contributed by atoms with Crippen LogP contribution in [0.5, 0.6) is 5.75 Å². The quantitative estimate of drug-likeness (QED) is 0.279. The van der Waals surface area contributed by atoms with Crippen LogP contribution in [0.2, 0.25) is 0 Å². The van der Waals surface area contributed by atoms with E-state index in [1.165, 1.54) is 17.0 Å². The van der Waals surface area contributed by atoms with Crippen molar-refractivity contribution in [3.63, 3.8) is 0 Å². The lowest BCUT2D eigenvalue weighted by atomic mass is 10.1. The minimum absolute atomic E-state index is 0.0318. The highest BCUT2D eigenvalue weighted by molar-refractivity contribution is 7.92. The van der Waals surface area contributed by atoms with Gasteiger partial charge >= 0.3 is 0 Å². The van der Waals surface area contributed by atoms with Crippen molar-refractivity contribution in [3.05, 3.63) is 90.0 Å². The summed E-state index contributed by atoms with van der Waals surface area (Å²) in [6, 6.07) is 21.6. The standard InChI is InChI=1S/C32H41N3O5S/c1-6-25(5)33-32(37)30(7-2)34(22-26-14-12-13-24(4)21-26)31(36)23-35(27-15-10-9-11-16-27)41(38,39)29-19-17-28(18-20-29)40-8-3/h9-21,25,30H,6-8,22-23H2,1-5H3,(H,33,37)/t25-,30+/m0/s1. The number of anilines is 1. The van der Waals surface area contributed by atoms with Crippen LogP contribution in [0, 0.1) is 6.92 Å². The first-order chi connectivity index (χ1) is 19.6. The topological polar surface area (TPSA) is 96.0 Å².